The van der Waals surface area contributed by atoms with Crippen molar-refractivity contribution in [1.29, 1.82) is 0 Å². The molecule has 1 amide bonds. The Kier molecular flexibility index (Phi) is 3.02. The van der Waals surface area contributed by atoms with E-state index < -0.39 is 0 Å². The summed E-state index contributed by atoms with van der Waals surface area (Å²) in [6.07, 6.45) is 2.48. The summed E-state index contributed by atoms with van der Waals surface area (Å²) < 4.78 is 5.34. The van der Waals surface area contributed by atoms with Gasteiger partial charge in [-0.2, -0.15) is 0 Å². The lowest BCUT2D eigenvalue weighted by atomic mass is 9.83. The smallest absolute Gasteiger partial charge is 0.207 e. The molecule has 0 radical (unpaired) electrons. The standard InChI is InChI=1S/C12H15NO2/c14-10-13-12(6-8-15-9-7-12)11-4-2-1-3-5-11/h1-5,10H,6-9H2,(H,13,14). The van der Waals surface area contributed by atoms with E-state index in [4.69, 9.17) is 4.74 Å². The molecule has 0 aromatic heterocycles. The molecule has 0 saturated carbocycles. The van der Waals surface area contributed by atoms with Crippen LogP contribution in [-0.4, -0.2) is 19.6 Å². The summed E-state index contributed by atoms with van der Waals surface area (Å²) in [5.41, 5.74) is 0.946. The Hall–Kier alpha value is -1.35. The molecule has 0 atom stereocenters. The molecule has 80 valence electrons. The third-order valence-corrected chi connectivity index (χ3v) is 3.01. The number of carbonyl (C=O) groups excluding carboxylic acids is 1. The predicted molar refractivity (Wildman–Crippen MR) is 57.4 cm³/mol. The predicted octanol–water partition coefficient (Wildman–Crippen LogP) is 1.44. The molecule has 0 bridgehead atoms. The first-order valence-corrected chi connectivity index (χ1v) is 5.22. The van der Waals surface area contributed by atoms with Crippen LogP contribution in [0.2, 0.25) is 0 Å². The zero-order valence-corrected chi connectivity index (χ0v) is 8.61. The van der Waals surface area contributed by atoms with Crippen molar-refractivity contribution in [1.82, 2.24) is 5.32 Å². The molecule has 1 fully saturated rings. The van der Waals surface area contributed by atoms with Crippen molar-refractivity contribution in [3.05, 3.63) is 35.9 Å². The van der Waals surface area contributed by atoms with Crippen LogP contribution in [0.15, 0.2) is 30.3 Å². The van der Waals surface area contributed by atoms with Crippen LogP contribution in [0.25, 0.3) is 0 Å². The fourth-order valence-electron chi connectivity index (χ4n) is 2.11. The highest BCUT2D eigenvalue weighted by molar-refractivity contribution is 5.49. The van der Waals surface area contributed by atoms with Crippen LogP contribution in [0.5, 0.6) is 0 Å². The molecule has 15 heavy (non-hydrogen) atoms. The fraction of sp³-hybridized carbons (Fsp3) is 0.417. The van der Waals surface area contributed by atoms with Crippen molar-refractivity contribution in [2.75, 3.05) is 13.2 Å². The first-order chi connectivity index (χ1) is 7.37. The van der Waals surface area contributed by atoms with Crippen molar-refractivity contribution < 1.29 is 9.53 Å². The van der Waals surface area contributed by atoms with Gasteiger partial charge in [0.2, 0.25) is 6.41 Å². The molecule has 0 aliphatic carbocycles. The summed E-state index contributed by atoms with van der Waals surface area (Å²) in [4.78, 5) is 10.7. The molecular formula is C12H15NO2. The van der Waals surface area contributed by atoms with Crippen molar-refractivity contribution in [3.8, 4) is 0 Å². The minimum Gasteiger partial charge on any atom is -0.381 e. The van der Waals surface area contributed by atoms with Gasteiger partial charge in [0.15, 0.2) is 0 Å². The van der Waals surface area contributed by atoms with Crippen LogP contribution in [-0.2, 0) is 15.1 Å². The van der Waals surface area contributed by atoms with Crippen molar-refractivity contribution >= 4 is 6.41 Å². The Morgan fingerprint density at radius 1 is 1.20 bits per heavy atom. The van der Waals surface area contributed by atoms with Gasteiger partial charge in [-0.25, -0.2) is 0 Å². The van der Waals surface area contributed by atoms with E-state index in [-0.39, 0.29) is 5.54 Å². The largest absolute Gasteiger partial charge is 0.381 e. The number of amides is 1. The van der Waals surface area contributed by atoms with Gasteiger partial charge in [-0.15, -0.1) is 0 Å². The summed E-state index contributed by atoms with van der Waals surface area (Å²) in [7, 11) is 0. The molecule has 1 aliphatic heterocycles. The van der Waals surface area contributed by atoms with Crippen molar-refractivity contribution in [2.24, 2.45) is 0 Å². The lowest BCUT2D eigenvalue weighted by molar-refractivity contribution is -0.112. The number of rotatable bonds is 3. The summed E-state index contributed by atoms with van der Waals surface area (Å²) in [5, 5.41) is 2.95. The van der Waals surface area contributed by atoms with Gasteiger partial charge in [-0.05, 0) is 18.4 Å². The van der Waals surface area contributed by atoms with E-state index in [0.717, 1.165) is 19.3 Å². The molecule has 1 saturated heterocycles. The first kappa shape index (κ1) is 10.2. The second kappa shape index (κ2) is 4.45. The topological polar surface area (TPSA) is 38.3 Å². The summed E-state index contributed by atoms with van der Waals surface area (Å²) in [5.74, 6) is 0. The van der Waals surface area contributed by atoms with Crippen LogP contribution >= 0.6 is 0 Å². The van der Waals surface area contributed by atoms with Gasteiger partial charge in [0, 0.05) is 13.2 Å². The van der Waals surface area contributed by atoms with E-state index in [1.807, 2.05) is 18.2 Å². The van der Waals surface area contributed by atoms with Gasteiger partial charge in [-0.3, -0.25) is 4.79 Å². The normalized spacial score (nSPS) is 19.5. The molecule has 1 aliphatic rings. The van der Waals surface area contributed by atoms with Crippen LogP contribution in [0.3, 0.4) is 0 Å². The lowest BCUT2D eigenvalue weighted by Gasteiger charge is -2.37. The molecule has 3 nitrogen and oxygen atoms in total. The molecule has 2 rings (SSSR count). The fourth-order valence-corrected chi connectivity index (χ4v) is 2.11. The molecule has 1 N–H and O–H groups in total. The van der Waals surface area contributed by atoms with E-state index in [0.29, 0.717) is 13.2 Å². The van der Waals surface area contributed by atoms with E-state index in [1.165, 1.54) is 5.56 Å². The zero-order valence-electron chi connectivity index (χ0n) is 8.61. The molecule has 0 unspecified atom stereocenters. The Labute approximate surface area is 89.4 Å². The number of benzene rings is 1. The van der Waals surface area contributed by atoms with Gasteiger partial charge in [0.1, 0.15) is 0 Å². The van der Waals surface area contributed by atoms with Crippen LogP contribution in [0.4, 0.5) is 0 Å². The zero-order chi connectivity index (χ0) is 10.6. The summed E-state index contributed by atoms with van der Waals surface area (Å²) >= 11 is 0. The van der Waals surface area contributed by atoms with E-state index in [9.17, 15) is 4.79 Å². The highest BCUT2D eigenvalue weighted by Gasteiger charge is 2.33. The molecule has 3 heteroatoms. The number of hydrogen-bond donors (Lipinski definition) is 1. The van der Waals surface area contributed by atoms with Gasteiger partial charge < -0.3 is 10.1 Å². The Morgan fingerprint density at radius 2 is 1.87 bits per heavy atom. The Bertz CT molecular complexity index is 318. The Morgan fingerprint density at radius 3 is 2.47 bits per heavy atom. The minimum atomic E-state index is -0.221. The lowest BCUT2D eigenvalue weighted by Crippen LogP contribution is -2.46. The average Bonchev–Trinajstić information content (AvgIpc) is 2.32. The van der Waals surface area contributed by atoms with Crippen LogP contribution in [0, 0.1) is 0 Å². The molecule has 0 spiro atoms. The molecule has 1 heterocycles. The third-order valence-electron chi connectivity index (χ3n) is 3.01. The second-order valence-corrected chi connectivity index (χ2v) is 3.82. The van der Waals surface area contributed by atoms with E-state index in [2.05, 4.69) is 17.4 Å². The quantitative estimate of drug-likeness (QED) is 0.758. The van der Waals surface area contributed by atoms with E-state index in [1.54, 1.807) is 0 Å². The first-order valence-electron chi connectivity index (χ1n) is 5.22. The number of hydrogen-bond acceptors (Lipinski definition) is 2. The van der Waals surface area contributed by atoms with Gasteiger partial charge in [0.25, 0.3) is 0 Å². The third kappa shape index (κ3) is 2.02. The Balaban J connectivity index is 2.29. The van der Waals surface area contributed by atoms with Crippen molar-refractivity contribution in [3.63, 3.8) is 0 Å². The monoisotopic (exact) mass is 205 g/mol. The van der Waals surface area contributed by atoms with Gasteiger partial charge >= 0.3 is 0 Å². The minimum absolute atomic E-state index is 0.221. The molecule has 1 aromatic carbocycles. The number of ether oxygens (including phenoxy) is 1. The highest BCUT2D eigenvalue weighted by atomic mass is 16.5. The van der Waals surface area contributed by atoms with Gasteiger partial charge in [0.05, 0.1) is 5.54 Å². The molecular weight excluding hydrogens is 190 g/mol. The van der Waals surface area contributed by atoms with Crippen LogP contribution in [0.1, 0.15) is 18.4 Å². The van der Waals surface area contributed by atoms with Gasteiger partial charge in [-0.1, -0.05) is 30.3 Å². The maximum atomic E-state index is 10.7. The summed E-state index contributed by atoms with van der Waals surface area (Å²) in [6, 6.07) is 10.1. The number of nitrogens with one attached hydrogen (secondary N) is 1. The maximum absolute atomic E-state index is 10.7. The molecule has 1 aromatic rings. The van der Waals surface area contributed by atoms with Crippen LogP contribution < -0.4 is 5.32 Å². The SMILES string of the molecule is O=CNC1(c2ccccc2)CCOCC1. The summed E-state index contributed by atoms with van der Waals surface area (Å²) in [6.45, 7) is 1.41. The highest BCUT2D eigenvalue weighted by Crippen LogP contribution is 2.31. The maximum Gasteiger partial charge on any atom is 0.207 e. The van der Waals surface area contributed by atoms with Crippen molar-refractivity contribution in [2.45, 2.75) is 18.4 Å². The average molecular weight is 205 g/mol. The second-order valence-electron chi connectivity index (χ2n) is 3.82. The number of carbonyl (C=O) groups is 1. The van der Waals surface area contributed by atoms with E-state index >= 15 is 0 Å².